The van der Waals surface area contributed by atoms with Crippen LogP contribution in [-0.2, 0) is 9.59 Å². The van der Waals surface area contributed by atoms with E-state index in [0.717, 1.165) is 0 Å². The summed E-state index contributed by atoms with van der Waals surface area (Å²) >= 11 is 5.02. The molecule has 15 heteroatoms. The average molecular weight is 617 g/mol. The predicted octanol–water partition coefficient (Wildman–Crippen LogP) is 1.83. The third-order valence-electron chi connectivity index (χ3n) is 5.29. The number of amides is 4. The van der Waals surface area contributed by atoms with Crippen molar-refractivity contribution in [2.45, 2.75) is 20.8 Å². The maximum absolute atomic E-state index is 11.9. The van der Waals surface area contributed by atoms with E-state index in [2.05, 4.69) is 30.9 Å². The van der Waals surface area contributed by atoms with Crippen molar-refractivity contribution in [2.24, 2.45) is 26.4 Å². The number of carbonyl (C=O) groups excluding carboxylic acids is 4. The van der Waals surface area contributed by atoms with Crippen LogP contribution in [0.2, 0.25) is 0 Å². The summed E-state index contributed by atoms with van der Waals surface area (Å²) in [7, 11) is 0. The van der Waals surface area contributed by atoms with E-state index < -0.39 is 11.8 Å². The largest absolute Gasteiger partial charge is 0.366 e. The highest BCUT2D eigenvalue weighted by molar-refractivity contribution is 7.80. The molecule has 0 fully saturated rings. The molecule has 0 atom stereocenters. The molecule has 2 aromatic rings. The first kappa shape index (κ1) is 36.1. The van der Waals surface area contributed by atoms with Crippen LogP contribution >= 0.6 is 12.2 Å². The molecule has 0 aliphatic carbocycles. The Morgan fingerprint density at radius 3 is 1.73 bits per heavy atom. The second-order valence-electron chi connectivity index (χ2n) is 8.22. The van der Waals surface area contributed by atoms with Gasteiger partial charge >= 0.3 is 0 Å². The number of nitrogens with zero attached hydrogens (tertiary/aromatic N) is 5. The Balaban J connectivity index is 0.000000395. The highest BCUT2D eigenvalue weighted by Gasteiger charge is 2.18. The van der Waals surface area contributed by atoms with Crippen molar-refractivity contribution in [3.63, 3.8) is 0 Å². The summed E-state index contributed by atoms with van der Waals surface area (Å²) in [4.78, 5) is 58.1. The number of primary amides is 2. The minimum Gasteiger partial charge on any atom is -0.366 e. The fourth-order valence-electron chi connectivity index (χ4n) is 3.35. The van der Waals surface area contributed by atoms with Gasteiger partial charge in [0.15, 0.2) is 5.11 Å². The maximum Gasteiger partial charge on any atom is 0.257 e. The molecule has 0 spiro atoms. The Kier molecular flexibility index (Phi) is 15.8. The van der Waals surface area contributed by atoms with E-state index in [1.165, 1.54) is 12.4 Å². The zero-order valence-corrected chi connectivity index (χ0v) is 25.1. The number of carbonyl (C=O) groups is 4. The first-order valence-corrected chi connectivity index (χ1v) is 13.4. The molecule has 4 rings (SSSR count). The van der Waals surface area contributed by atoms with E-state index >= 15 is 0 Å². The first-order chi connectivity index (χ1) is 21.2. The average Bonchev–Trinajstić information content (AvgIpc) is 3.70. The maximum atomic E-state index is 11.9. The summed E-state index contributed by atoms with van der Waals surface area (Å²) in [5.74, 6) is -1.34. The fraction of sp³-hybridized carbons (Fsp3) is 0.172. The Labute approximate surface area is 259 Å². The Morgan fingerprint density at radius 2 is 1.23 bits per heavy atom. The molecule has 0 aromatic heterocycles. The number of amidine groups is 1. The highest BCUT2D eigenvalue weighted by atomic mass is 32.1. The minimum absolute atomic E-state index is 0.0842. The van der Waals surface area contributed by atoms with Crippen molar-refractivity contribution in [1.29, 1.82) is 10.8 Å². The van der Waals surface area contributed by atoms with Crippen LogP contribution in [0.5, 0.6) is 0 Å². The molecule has 0 saturated carbocycles. The molecule has 7 N–H and O–H groups in total. The van der Waals surface area contributed by atoms with E-state index in [0.29, 0.717) is 39.5 Å². The predicted molar refractivity (Wildman–Crippen MR) is 171 cm³/mol. The molecule has 0 radical (unpaired) electrons. The number of hydrogen-bond donors (Lipinski definition) is 5. The lowest BCUT2D eigenvalue weighted by Crippen LogP contribution is -2.39. The Morgan fingerprint density at radius 1 is 0.773 bits per heavy atom. The number of benzene rings is 2. The van der Waals surface area contributed by atoms with Gasteiger partial charge in [0.2, 0.25) is 11.8 Å². The molecule has 2 aromatic carbocycles. The van der Waals surface area contributed by atoms with Gasteiger partial charge in [-0.3, -0.25) is 34.5 Å². The fourth-order valence-corrected chi connectivity index (χ4v) is 3.55. The number of allylic oxidation sites excluding steroid dienone is 2. The standard InChI is InChI=1S/C14H14N4O2.C13H12N4O2S.C2H6.N2/c1-9(17-12-8-16-7-11(12)13(15)19)18-14(20)10-5-3-2-4-6-10;14-11(18)9-6-15-7-10(9)16-13(20)17-12(19)8-4-2-1-3-5-8;2*1-2/h2-6,8H,7H2,1H3,(H2,15,19)(H,17,18,20);1-5,7H,6H2,(H2,14,18)(H2,16,17,19,20);1-2H3;. The summed E-state index contributed by atoms with van der Waals surface area (Å²) in [5, 5.41) is 20.0. The van der Waals surface area contributed by atoms with Crippen LogP contribution in [0.25, 0.3) is 0 Å². The van der Waals surface area contributed by atoms with Gasteiger partial charge < -0.3 is 22.1 Å². The van der Waals surface area contributed by atoms with Crippen LogP contribution in [0.1, 0.15) is 41.5 Å². The normalized spacial score (nSPS) is 12.8. The smallest absolute Gasteiger partial charge is 0.257 e. The molecule has 44 heavy (non-hydrogen) atoms. The third kappa shape index (κ3) is 11.5. The molecule has 0 unspecified atom stereocenters. The SMILES string of the molecule is CC.CC(=NC1=C(C(N)=O)CN=C1)NC(=O)c1ccccc1.N#N.NC(=O)C1=C(NC(=S)NC(=O)c2ccccc2)C=NC1. The molecule has 0 saturated heterocycles. The summed E-state index contributed by atoms with van der Waals surface area (Å²) < 4.78 is 0. The van der Waals surface area contributed by atoms with Gasteiger partial charge in [-0.1, -0.05) is 50.2 Å². The van der Waals surface area contributed by atoms with Gasteiger partial charge in [0, 0.05) is 34.3 Å². The Bertz CT molecular complexity index is 1530. The quantitative estimate of drug-likeness (QED) is 0.138. The molecular weight excluding hydrogens is 584 g/mol. The molecular formula is C29H32N10O4S. The van der Waals surface area contributed by atoms with Crippen molar-refractivity contribution in [3.8, 4) is 0 Å². The lowest BCUT2D eigenvalue weighted by Gasteiger charge is -2.10. The molecule has 2 aliphatic rings. The second kappa shape index (κ2) is 19.3. The lowest BCUT2D eigenvalue weighted by molar-refractivity contribution is -0.115. The van der Waals surface area contributed by atoms with Crippen molar-refractivity contribution in [3.05, 3.63) is 94.3 Å². The highest BCUT2D eigenvalue weighted by Crippen LogP contribution is 2.11. The summed E-state index contributed by atoms with van der Waals surface area (Å²) in [6.45, 7) is 6.08. The Hall–Kier alpha value is -5.88. The van der Waals surface area contributed by atoms with Crippen molar-refractivity contribution in [1.82, 2.24) is 16.0 Å². The van der Waals surface area contributed by atoms with Crippen molar-refractivity contribution >= 4 is 59.2 Å². The van der Waals surface area contributed by atoms with Gasteiger partial charge in [-0.05, 0) is 43.4 Å². The zero-order valence-electron chi connectivity index (χ0n) is 24.3. The second-order valence-corrected chi connectivity index (χ2v) is 8.62. The molecule has 0 bridgehead atoms. The zero-order chi connectivity index (χ0) is 33.1. The third-order valence-corrected chi connectivity index (χ3v) is 5.50. The number of nitrogens with one attached hydrogen (secondary N) is 3. The molecule has 2 heterocycles. The van der Waals surface area contributed by atoms with Crippen LogP contribution in [0.3, 0.4) is 0 Å². The number of thiocarbonyl (C=S) groups is 1. The minimum atomic E-state index is -0.567. The van der Waals surface area contributed by atoms with Gasteiger partial charge in [0.05, 0.1) is 35.6 Å². The number of rotatable bonds is 6. The topological polar surface area (TPSA) is 241 Å². The van der Waals surface area contributed by atoms with Crippen LogP contribution in [0.4, 0.5) is 0 Å². The number of nitrogens with two attached hydrogens (primary N) is 2. The van der Waals surface area contributed by atoms with Crippen LogP contribution in [-0.4, -0.2) is 60.1 Å². The van der Waals surface area contributed by atoms with Crippen LogP contribution in [0.15, 0.2) is 98.2 Å². The number of hydrogen-bond acceptors (Lipinski definition) is 10. The van der Waals surface area contributed by atoms with E-state index in [-0.39, 0.29) is 30.0 Å². The molecule has 228 valence electrons. The van der Waals surface area contributed by atoms with Gasteiger partial charge in [-0.2, -0.15) is 0 Å². The summed E-state index contributed by atoms with van der Waals surface area (Å²) in [6.07, 6.45) is 2.93. The summed E-state index contributed by atoms with van der Waals surface area (Å²) in [6, 6.07) is 17.4. The van der Waals surface area contributed by atoms with Gasteiger partial charge in [0.25, 0.3) is 11.8 Å². The molecule has 14 nitrogen and oxygen atoms in total. The van der Waals surface area contributed by atoms with Crippen molar-refractivity contribution in [2.75, 3.05) is 13.1 Å². The van der Waals surface area contributed by atoms with E-state index in [9.17, 15) is 19.2 Å². The van der Waals surface area contributed by atoms with Gasteiger partial charge in [-0.25, -0.2) is 4.99 Å². The molecule has 4 amide bonds. The summed E-state index contributed by atoms with van der Waals surface area (Å²) in [5.41, 5.74) is 12.9. The van der Waals surface area contributed by atoms with Crippen molar-refractivity contribution < 1.29 is 19.2 Å². The number of aliphatic imine (C=N–C) groups is 3. The van der Waals surface area contributed by atoms with Gasteiger partial charge in [-0.15, -0.1) is 0 Å². The van der Waals surface area contributed by atoms with E-state index in [4.69, 9.17) is 34.5 Å². The van der Waals surface area contributed by atoms with E-state index in [1.54, 1.807) is 55.5 Å². The van der Waals surface area contributed by atoms with Crippen LogP contribution < -0.4 is 27.4 Å². The lowest BCUT2D eigenvalue weighted by atomic mass is 10.2. The van der Waals surface area contributed by atoms with E-state index in [1.807, 2.05) is 26.0 Å². The first-order valence-electron chi connectivity index (χ1n) is 13.0. The molecule has 2 aliphatic heterocycles. The monoisotopic (exact) mass is 616 g/mol. The van der Waals surface area contributed by atoms with Crippen LogP contribution in [0, 0.1) is 10.8 Å². The van der Waals surface area contributed by atoms with Gasteiger partial charge in [0.1, 0.15) is 5.84 Å².